The van der Waals surface area contributed by atoms with Crippen LogP contribution in [-0.2, 0) is 0 Å². The van der Waals surface area contributed by atoms with E-state index >= 15 is 0 Å². The van der Waals surface area contributed by atoms with E-state index in [2.05, 4.69) is 0 Å². The van der Waals surface area contributed by atoms with E-state index in [9.17, 15) is 14.7 Å². The van der Waals surface area contributed by atoms with Gasteiger partial charge < -0.3 is 14.6 Å². The molecule has 0 saturated heterocycles. The Morgan fingerprint density at radius 3 is 2.80 bits per heavy atom. The number of benzene rings is 1. The quantitative estimate of drug-likeness (QED) is 0.876. The van der Waals surface area contributed by atoms with Crippen molar-refractivity contribution in [2.24, 2.45) is 0 Å². The number of carbonyl (C=O) groups is 1. The molecule has 0 saturated carbocycles. The normalized spacial score (nSPS) is 17.6. The number of hydrogen-bond donors (Lipinski definition) is 1. The van der Waals surface area contributed by atoms with E-state index in [1.54, 1.807) is 12.1 Å². The van der Waals surface area contributed by atoms with Crippen LogP contribution in [-0.4, -0.2) is 29.2 Å². The first-order valence-electron chi connectivity index (χ1n) is 6.23. The first-order chi connectivity index (χ1) is 9.41. The monoisotopic (exact) mass is 292 g/mol. The average molecular weight is 293 g/mol. The highest BCUT2D eigenvalue weighted by Crippen LogP contribution is 2.37. The molecule has 1 atom stereocenters. The predicted octanol–water partition coefficient (Wildman–Crippen LogP) is 2.36. The molecule has 1 aromatic heterocycles. The Morgan fingerprint density at radius 1 is 1.45 bits per heavy atom. The molecule has 104 valence electrons. The number of halogens is 1. The minimum Gasteiger partial charge on any atom is -0.477 e. The lowest BCUT2D eigenvalue weighted by Crippen LogP contribution is -2.33. The van der Waals surface area contributed by atoms with Gasteiger partial charge in [-0.1, -0.05) is 11.6 Å². The summed E-state index contributed by atoms with van der Waals surface area (Å²) in [5.41, 5.74) is 0.802. The number of anilines is 1. The van der Waals surface area contributed by atoms with Crippen LogP contribution in [0.25, 0.3) is 10.9 Å². The number of rotatable bonds is 1. The van der Waals surface area contributed by atoms with E-state index < -0.39 is 11.4 Å². The number of aromatic carboxylic acids is 1. The second kappa shape index (κ2) is 4.24. The fourth-order valence-corrected chi connectivity index (χ4v) is 3.14. The van der Waals surface area contributed by atoms with Crippen molar-refractivity contribution in [1.29, 1.82) is 0 Å². The Balaban J connectivity index is 2.55. The van der Waals surface area contributed by atoms with Crippen LogP contribution in [0.2, 0.25) is 5.02 Å². The third kappa shape index (κ3) is 1.63. The summed E-state index contributed by atoms with van der Waals surface area (Å²) in [7, 11) is 1.91. The molecule has 3 rings (SSSR count). The van der Waals surface area contributed by atoms with E-state index in [1.165, 1.54) is 6.20 Å². The summed E-state index contributed by atoms with van der Waals surface area (Å²) in [5, 5.41) is 10.1. The molecule has 2 heterocycles. The van der Waals surface area contributed by atoms with Crippen molar-refractivity contribution < 1.29 is 9.90 Å². The van der Waals surface area contributed by atoms with Crippen molar-refractivity contribution in [3.63, 3.8) is 0 Å². The molecule has 1 aliphatic rings. The number of nitrogens with zero attached hydrogens (tertiary/aromatic N) is 2. The highest BCUT2D eigenvalue weighted by molar-refractivity contribution is 6.35. The number of pyridine rings is 1. The second-order valence-corrected chi connectivity index (χ2v) is 5.51. The average Bonchev–Trinajstić information content (AvgIpc) is 2.37. The maximum Gasteiger partial charge on any atom is 0.341 e. The van der Waals surface area contributed by atoms with Crippen molar-refractivity contribution in [3.05, 3.63) is 39.1 Å². The molecule has 1 unspecified atom stereocenters. The molecule has 2 aromatic rings. The van der Waals surface area contributed by atoms with Crippen LogP contribution in [0.5, 0.6) is 0 Å². The van der Waals surface area contributed by atoms with Crippen LogP contribution in [0, 0.1) is 0 Å². The SMILES string of the molecule is CC1CN(C)c2c(Cl)ccc3c(=O)c(C(=O)O)cn1c23. The van der Waals surface area contributed by atoms with Gasteiger partial charge in [0.2, 0.25) is 5.43 Å². The minimum atomic E-state index is -1.21. The standard InChI is InChI=1S/C14H13ClN2O3/c1-7-5-16(2)12-10(15)4-3-8-11(12)17(7)6-9(13(8)18)14(19)20/h3-4,6-7H,5H2,1-2H3,(H,19,20). The summed E-state index contributed by atoms with van der Waals surface area (Å²) in [6.45, 7) is 2.68. The molecule has 1 N–H and O–H groups in total. The maximum atomic E-state index is 12.3. The lowest BCUT2D eigenvalue weighted by Gasteiger charge is -2.34. The van der Waals surface area contributed by atoms with Crippen LogP contribution >= 0.6 is 11.6 Å². The molecule has 0 aliphatic carbocycles. The highest BCUT2D eigenvalue weighted by atomic mass is 35.5. The molecule has 0 radical (unpaired) electrons. The van der Waals surface area contributed by atoms with Crippen LogP contribution in [0.3, 0.4) is 0 Å². The third-order valence-corrected chi connectivity index (χ3v) is 4.05. The van der Waals surface area contributed by atoms with Gasteiger partial charge in [0.05, 0.1) is 16.2 Å². The second-order valence-electron chi connectivity index (χ2n) is 5.11. The number of likely N-dealkylation sites (N-methyl/N-ethyl adjacent to an activating group) is 1. The van der Waals surface area contributed by atoms with Crippen molar-refractivity contribution in [1.82, 2.24) is 4.57 Å². The van der Waals surface area contributed by atoms with Crippen LogP contribution in [0.15, 0.2) is 23.1 Å². The van der Waals surface area contributed by atoms with Crippen molar-refractivity contribution in [2.75, 3.05) is 18.5 Å². The van der Waals surface area contributed by atoms with Gasteiger partial charge in [-0.05, 0) is 19.1 Å². The Hall–Kier alpha value is -2.01. The van der Waals surface area contributed by atoms with Gasteiger partial charge >= 0.3 is 5.97 Å². The van der Waals surface area contributed by atoms with Crippen molar-refractivity contribution in [3.8, 4) is 0 Å². The molecule has 1 aromatic carbocycles. The summed E-state index contributed by atoms with van der Waals surface area (Å²) in [5.74, 6) is -1.21. The van der Waals surface area contributed by atoms with Gasteiger partial charge in [0.1, 0.15) is 5.56 Å². The first kappa shape index (κ1) is 13.0. The molecule has 20 heavy (non-hydrogen) atoms. The van der Waals surface area contributed by atoms with Crippen LogP contribution < -0.4 is 10.3 Å². The van der Waals surface area contributed by atoms with E-state index in [0.29, 0.717) is 22.5 Å². The van der Waals surface area contributed by atoms with E-state index in [-0.39, 0.29) is 11.6 Å². The van der Waals surface area contributed by atoms with Gasteiger partial charge in [-0.15, -0.1) is 0 Å². The van der Waals surface area contributed by atoms with Gasteiger partial charge in [0, 0.05) is 31.2 Å². The Morgan fingerprint density at radius 2 is 2.15 bits per heavy atom. The molecule has 6 heteroatoms. The molecule has 0 fully saturated rings. The lowest BCUT2D eigenvalue weighted by atomic mass is 10.1. The summed E-state index contributed by atoms with van der Waals surface area (Å²) < 4.78 is 1.83. The zero-order valence-electron chi connectivity index (χ0n) is 11.1. The van der Waals surface area contributed by atoms with Crippen LogP contribution in [0.4, 0.5) is 5.69 Å². The molecular formula is C14H13ClN2O3. The maximum absolute atomic E-state index is 12.3. The Bertz CT molecular complexity index is 797. The van der Waals surface area contributed by atoms with Crippen molar-refractivity contribution in [2.45, 2.75) is 13.0 Å². The van der Waals surface area contributed by atoms with Gasteiger partial charge in [-0.25, -0.2) is 4.79 Å². The van der Waals surface area contributed by atoms with E-state index in [1.807, 2.05) is 23.4 Å². The fraction of sp³-hybridized carbons (Fsp3) is 0.286. The third-order valence-electron chi connectivity index (χ3n) is 3.74. The highest BCUT2D eigenvalue weighted by Gasteiger charge is 2.26. The molecule has 5 nitrogen and oxygen atoms in total. The summed E-state index contributed by atoms with van der Waals surface area (Å²) >= 11 is 6.23. The largest absolute Gasteiger partial charge is 0.477 e. The molecule has 0 spiro atoms. The topological polar surface area (TPSA) is 62.5 Å². The number of aromatic nitrogens is 1. The van der Waals surface area contributed by atoms with Gasteiger partial charge in [0.15, 0.2) is 0 Å². The van der Waals surface area contributed by atoms with E-state index in [0.717, 1.165) is 5.69 Å². The van der Waals surface area contributed by atoms with Gasteiger partial charge in [-0.3, -0.25) is 4.79 Å². The zero-order chi connectivity index (χ0) is 14.6. The summed E-state index contributed by atoms with van der Waals surface area (Å²) in [6.07, 6.45) is 1.42. The molecule has 0 amide bonds. The number of hydrogen-bond acceptors (Lipinski definition) is 3. The smallest absolute Gasteiger partial charge is 0.341 e. The summed E-state index contributed by atoms with van der Waals surface area (Å²) in [6, 6.07) is 3.30. The predicted molar refractivity (Wildman–Crippen MR) is 78.2 cm³/mol. The van der Waals surface area contributed by atoms with E-state index in [4.69, 9.17) is 11.6 Å². The molecular weight excluding hydrogens is 280 g/mol. The fourth-order valence-electron chi connectivity index (χ4n) is 2.85. The van der Waals surface area contributed by atoms with Crippen LogP contribution in [0.1, 0.15) is 23.3 Å². The minimum absolute atomic E-state index is 0.0622. The van der Waals surface area contributed by atoms with Crippen molar-refractivity contribution >= 4 is 34.2 Å². The number of carboxylic acid groups (broad SMARTS) is 1. The lowest BCUT2D eigenvalue weighted by molar-refractivity contribution is 0.0694. The van der Waals surface area contributed by atoms with Gasteiger partial charge in [0.25, 0.3) is 0 Å². The molecule has 1 aliphatic heterocycles. The summed E-state index contributed by atoms with van der Waals surface area (Å²) in [4.78, 5) is 25.5. The Labute approximate surface area is 120 Å². The zero-order valence-corrected chi connectivity index (χ0v) is 11.8. The first-order valence-corrected chi connectivity index (χ1v) is 6.61. The number of carboxylic acids is 1. The van der Waals surface area contributed by atoms with Gasteiger partial charge in [-0.2, -0.15) is 0 Å². The Kier molecular flexibility index (Phi) is 2.76. The molecule has 0 bridgehead atoms.